The predicted octanol–water partition coefficient (Wildman–Crippen LogP) is 15.6. The van der Waals surface area contributed by atoms with Crippen molar-refractivity contribution in [3.05, 3.63) is 12.2 Å². The Hall–Kier alpha value is -0.910. The number of aliphatic hydroxyl groups is 3. The molecule has 57 heavy (non-hydrogen) atoms. The Balaban J connectivity index is 3.49. The van der Waals surface area contributed by atoms with Crippen LogP contribution < -0.4 is 5.32 Å². The lowest BCUT2D eigenvalue weighted by molar-refractivity contribution is -0.124. The number of amides is 1. The average molecular weight is 806 g/mol. The normalized spacial score (nSPS) is 13.4. The molecule has 0 radical (unpaired) electrons. The van der Waals surface area contributed by atoms with Gasteiger partial charge in [0, 0.05) is 6.42 Å². The summed E-state index contributed by atoms with van der Waals surface area (Å²) in [7, 11) is 0. The van der Waals surface area contributed by atoms with E-state index in [1.54, 1.807) is 0 Å². The third kappa shape index (κ3) is 43.0. The minimum Gasteiger partial charge on any atom is -0.394 e. The van der Waals surface area contributed by atoms with Crippen molar-refractivity contribution in [2.24, 2.45) is 0 Å². The Morgan fingerprint density at radius 2 is 0.702 bits per heavy atom. The van der Waals surface area contributed by atoms with Gasteiger partial charge < -0.3 is 20.6 Å². The van der Waals surface area contributed by atoms with Crippen LogP contribution >= 0.6 is 0 Å². The third-order valence-electron chi connectivity index (χ3n) is 12.4. The first kappa shape index (κ1) is 56.1. The highest BCUT2D eigenvalue weighted by Gasteiger charge is 2.26. The molecular formula is C52H103NO4. The second-order valence-corrected chi connectivity index (χ2v) is 18.1. The standard InChI is InChI=1S/C52H103NO4/c1-3-5-7-9-11-13-15-17-19-20-21-22-23-24-25-26-27-28-29-30-31-32-33-35-37-39-41-43-45-47-51(56)53-49(48-54)52(57)50(55)46-44-42-40-38-36-34-18-16-14-12-10-8-6-4-2/h38,40,49-50,52,54-55,57H,3-37,39,41-48H2,1-2H3,(H,53,56)/b40-38+. The first-order chi connectivity index (χ1) is 28.1. The summed E-state index contributed by atoms with van der Waals surface area (Å²) < 4.78 is 0. The third-order valence-corrected chi connectivity index (χ3v) is 12.4. The van der Waals surface area contributed by atoms with Crippen LogP contribution in [0.4, 0.5) is 0 Å². The zero-order valence-corrected chi connectivity index (χ0v) is 38.7. The van der Waals surface area contributed by atoms with Gasteiger partial charge in [-0.05, 0) is 38.5 Å². The van der Waals surface area contributed by atoms with E-state index in [0.29, 0.717) is 12.8 Å². The van der Waals surface area contributed by atoms with Gasteiger partial charge in [0.1, 0.15) is 6.10 Å². The largest absolute Gasteiger partial charge is 0.394 e. The van der Waals surface area contributed by atoms with Crippen LogP contribution in [0, 0.1) is 0 Å². The lowest BCUT2D eigenvalue weighted by atomic mass is 10.0. The summed E-state index contributed by atoms with van der Waals surface area (Å²) in [4.78, 5) is 12.5. The number of nitrogens with one attached hydrogen (secondary N) is 1. The van der Waals surface area contributed by atoms with Crippen LogP contribution in [-0.4, -0.2) is 46.1 Å². The highest BCUT2D eigenvalue weighted by atomic mass is 16.3. The summed E-state index contributed by atoms with van der Waals surface area (Å²) >= 11 is 0. The molecule has 0 aliphatic carbocycles. The summed E-state index contributed by atoms with van der Waals surface area (Å²) in [6.45, 7) is 4.19. The summed E-state index contributed by atoms with van der Waals surface area (Å²) in [5, 5.41) is 33.6. The molecule has 340 valence electrons. The van der Waals surface area contributed by atoms with Gasteiger partial charge in [-0.1, -0.05) is 257 Å². The molecule has 0 aromatic rings. The second-order valence-electron chi connectivity index (χ2n) is 18.1. The fourth-order valence-electron chi connectivity index (χ4n) is 8.34. The van der Waals surface area contributed by atoms with Crippen molar-refractivity contribution in [1.82, 2.24) is 5.32 Å². The van der Waals surface area contributed by atoms with E-state index >= 15 is 0 Å². The van der Waals surface area contributed by atoms with Gasteiger partial charge in [-0.3, -0.25) is 4.79 Å². The quantitative estimate of drug-likeness (QED) is 0.0364. The van der Waals surface area contributed by atoms with Crippen molar-refractivity contribution in [2.45, 2.75) is 308 Å². The van der Waals surface area contributed by atoms with E-state index < -0.39 is 18.2 Å². The molecule has 0 aliphatic rings. The van der Waals surface area contributed by atoms with Crippen LogP contribution in [0.15, 0.2) is 12.2 Å². The van der Waals surface area contributed by atoms with Crippen molar-refractivity contribution in [3.8, 4) is 0 Å². The van der Waals surface area contributed by atoms with Gasteiger partial charge in [0.05, 0.1) is 18.8 Å². The van der Waals surface area contributed by atoms with E-state index in [4.69, 9.17) is 0 Å². The lowest BCUT2D eigenvalue weighted by Crippen LogP contribution is -2.50. The Kier molecular flexibility index (Phi) is 47.0. The van der Waals surface area contributed by atoms with Crippen LogP contribution in [-0.2, 0) is 4.79 Å². The first-order valence-electron chi connectivity index (χ1n) is 26.0. The van der Waals surface area contributed by atoms with Gasteiger partial charge in [0.25, 0.3) is 0 Å². The maximum atomic E-state index is 12.5. The zero-order valence-electron chi connectivity index (χ0n) is 38.7. The molecule has 3 unspecified atom stereocenters. The first-order valence-corrected chi connectivity index (χ1v) is 26.0. The summed E-state index contributed by atoms with van der Waals surface area (Å²) in [5.41, 5.74) is 0. The van der Waals surface area contributed by atoms with Crippen LogP contribution in [0.25, 0.3) is 0 Å². The SMILES string of the molecule is CCCCCCCCCCC/C=C/CCCC(O)C(O)C(CO)NC(=O)CCCCCCCCCCCCCCCCCCCCCCCCCCCCCCC. The van der Waals surface area contributed by atoms with E-state index in [1.807, 2.05) is 0 Å². The minimum absolute atomic E-state index is 0.148. The van der Waals surface area contributed by atoms with Crippen molar-refractivity contribution in [1.29, 1.82) is 0 Å². The van der Waals surface area contributed by atoms with Gasteiger partial charge in [0.15, 0.2) is 0 Å². The van der Waals surface area contributed by atoms with Crippen molar-refractivity contribution < 1.29 is 20.1 Å². The fourth-order valence-corrected chi connectivity index (χ4v) is 8.34. The van der Waals surface area contributed by atoms with E-state index in [1.165, 1.54) is 225 Å². The highest BCUT2D eigenvalue weighted by molar-refractivity contribution is 5.76. The molecule has 0 rings (SSSR count). The van der Waals surface area contributed by atoms with Crippen molar-refractivity contribution >= 4 is 5.91 Å². The van der Waals surface area contributed by atoms with Gasteiger partial charge in [-0.25, -0.2) is 0 Å². The predicted molar refractivity (Wildman–Crippen MR) is 250 cm³/mol. The molecular weight excluding hydrogens is 703 g/mol. The number of hydrogen-bond donors (Lipinski definition) is 4. The number of hydrogen-bond acceptors (Lipinski definition) is 4. The fraction of sp³-hybridized carbons (Fsp3) is 0.942. The number of unbranched alkanes of at least 4 members (excludes halogenated alkanes) is 38. The molecule has 1 amide bonds. The van der Waals surface area contributed by atoms with Gasteiger partial charge >= 0.3 is 0 Å². The minimum atomic E-state index is -1.15. The molecule has 4 N–H and O–H groups in total. The molecule has 0 fully saturated rings. The Morgan fingerprint density at radius 3 is 1.02 bits per heavy atom. The molecule has 5 nitrogen and oxygen atoms in total. The van der Waals surface area contributed by atoms with Crippen molar-refractivity contribution in [3.63, 3.8) is 0 Å². The molecule has 0 bridgehead atoms. The smallest absolute Gasteiger partial charge is 0.220 e. The molecule has 5 heteroatoms. The maximum absolute atomic E-state index is 12.5. The van der Waals surface area contributed by atoms with Gasteiger partial charge in [0.2, 0.25) is 5.91 Å². The van der Waals surface area contributed by atoms with Crippen LogP contribution in [0.1, 0.15) is 290 Å². The molecule has 3 atom stereocenters. The number of carbonyl (C=O) groups excluding carboxylic acids is 1. The number of aliphatic hydroxyl groups excluding tert-OH is 3. The summed E-state index contributed by atoms with van der Waals surface area (Å²) in [5.74, 6) is -0.148. The molecule has 0 saturated carbocycles. The molecule has 0 spiro atoms. The summed E-state index contributed by atoms with van der Waals surface area (Å²) in [6, 6.07) is -0.821. The molecule has 0 saturated heterocycles. The van der Waals surface area contributed by atoms with Crippen LogP contribution in [0.5, 0.6) is 0 Å². The molecule has 0 aromatic heterocycles. The molecule has 0 heterocycles. The van der Waals surface area contributed by atoms with E-state index in [9.17, 15) is 20.1 Å². The Labute approximate surface area is 357 Å². The van der Waals surface area contributed by atoms with Crippen molar-refractivity contribution in [2.75, 3.05) is 6.61 Å². The second kappa shape index (κ2) is 47.8. The Morgan fingerprint density at radius 1 is 0.421 bits per heavy atom. The monoisotopic (exact) mass is 806 g/mol. The van der Waals surface area contributed by atoms with E-state index in [2.05, 4.69) is 31.3 Å². The highest BCUT2D eigenvalue weighted by Crippen LogP contribution is 2.17. The van der Waals surface area contributed by atoms with Crippen LogP contribution in [0.3, 0.4) is 0 Å². The lowest BCUT2D eigenvalue weighted by Gasteiger charge is -2.26. The van der Waals surface area contributed by atoms with E-state index in [0.717, 1.165) is 38.5 Å². The van der Waals surface area contributed by atoms with Gasteiger partial charge in [-0.15, -0.1) is 0 Å². The van der Waals surface area contributed by atoms with E-state index in [-0.39, 0.29) is 12.5 Å². The number of rotatable bonds is 48. The molecule has 0 aromatic carbocycles. The number of carbonyl (C=O) groups is 1. The topological polar surface area (TPSA) is 89.8 Å². The van der Waals surface area contributed by atoms with Crippen LogP contribution in [0.2, 0.25) is 0 Å². The molecule has 0 aliphatic heterocycles. The average Bonchev–Trinajstić information content (AvgIpc) is 3.22. The maximum Gasteiger partial charge on any atom is 0.220 e. The number of allylic oxidation sites excluding steroid dienone is 2. The Bertz CT molecular complexity index is 803. The summed E-state index contributed by atoms with van der Waals surface area (Å²) in [6.07, 6.45) is 57.9. The zero-order chi connectivity index (χ0) is 41.5. The van der Waals surface area contributed by atoms with Gasteiger partial charge in [-0.2, -0.15) is 0 Å².